The van der Waals surface area contributed by atoms with Crippen LogP contribution in [0.1, 0.15) is 41.6 Å². The standard InChI is InChI=1S/C22H18ClN3O2/c1-22(13-24,14-9-10-14)25-12-19-17-7-2-3-8-18(17)20(27)26(21(19)28)16-6-4-5-15(23)11-16/h2-8,11-12,14,19H,9-10H2,1H3/t19?,22-/m0/s1. The molecule has 2 aliphatic rings. The van der Waals surface area contributed by atoms with Crippen molar-refractivity contribution in [2.45, 2.75) is 31.2 Å². The third-order valence-electron chi connectivity index (χ3n) is 5.37. The highest BCUT2D eigenvalue weighted by atomic mass is 35.5. The fourth-order valence-electron chi connectivity index (χ4n) is 3.56. The van der Waals surface area contributed by atoms with Crippen molar-refractivity contribution in [1.29, 1.82) is 5.26 Å². The van der Waals surface area contributed by atoms with Crippen LogP contribution in [0.25, 0.3) is 0 Å². The Labute approximate surface area is 168 Å². The molecule has 4 rings (SSSR count). The van der Waals surface area contributed by atoms with Crippen molar-refractivity contribution in [3.05, 3.63) is 64.7 Å². The highest BCUT2D eigenvalue weighted by Crippen LogP contribution is 2.42. The first-order chi connectivity index (χ1) is 13.4. The molecular weight excluding hydrogens is 374 g/mol. The Balaban J connectivity index is 1.79. The maximum Gasteiger partial charge on any atom is 0.265 e. The molecule has 1 unspecified atom stereocenters. The lowest BCUT2D eigenvalue weighted by Crippen LogP contribution is -2.45. The second kappa shape index (κ2) is 6.88. The van der Waals surface area contributed by atoms with E-state index in [-0.39, 0.29) is 5.92 Å². The van der Waals surface area contributed by atoms with E-state index in [0.717, 1.165) is 17.7 Å². The van der Waals surface area contributed by atoms with Crippen LogP contribution in [0.5, 0.6) is 0 Å². The molecule has 1 aliphatic heterocycles. The van der Waals surface area contributed by atoms with E-state index in [1.165, 1.54) is 6.21 Å². The van der Waals surface area contributed by atoms with Crippen LogP contribution in [0, 0.1) is 17.2 Å². The number of hydrogen-bond donors (Lipinski definition) is 0. The Morgan fingerprint density at radius 2 is 1.96 bits per heavy atom. The van der Waals surface area contributed by atoms with Gasteiger partial charge in [-0.05, 0) is 55.5 Å². The average Bonchev–Trinajstić information content (AvgIpc) is 3.54. The molecule has 0 N–H and O–H groups in total. The van der Waals surface area contributed by atoms with E-state index in [1.54, 1.807) is 55.5 Å². The number of carbonyl (C=O) groups excluding carboxylic acids is 2. The highest BCUT2D eigenvalue weighted by Gasteiger charge is 2.43. The van der Waals surface area contributed by atoms with Gasteiger partial charge >= 0.3 is 0 Å². The van der Waals surface area contributed by atoms with Crippen LogP contribution >= 0.6 is 11.6 Å². The van der Waals surface area contributed by atoms with Crippen molar-refractivity contribution < 1.29 is 9.59 Å². The first-order valence-electron chi connectivity index (χ1n) is 9.14. The van der Waals surface area contributed by atoms with Crippen LogP contribution in [-0.4, -0.2) is 23.6 Å². The monoisotopic (exact) mass is 391 g/mol. The Morgan fingerprint density at radius 1 is 1.21 bits per heavy atom. The van der Waals surface area contributed by atoms with Gasteiger partial charge < -0.3 is 0 Å². The zero-order valence-electron chi connectivity index (χ0n) is 15.3. The fraction of sp³-hybridized carbons (Fsp3) is 0.273. The van der Waals surface area contributed by atoms with E-state index in [2.05, 4.69) is 11.1 Å². The van der Waals surface area contributed by atoms with E-state index < -0.39 is 23.3 Å². The van der Waals surface area contributed by atoms with E-state index in [9.17, 15) is 14.9 Å². The third kappa shape index (κ3) is 3.10. The normalized spacial score (nSPS) is 21.3. The number of amides is 2. The van der Waals surface area contributed by atoms with Gasteiger partial charge in [0, 0.05) is 16.8 Å². The van der Waals surface area contributed by atoms with Crippen LogP contribution in [0.15, 0.2) is 53.5 Å². The Hall–Kier alpha value is -2.97. The predicted octanol–water partition coefficient (Wildman–Crippen LogP) is 4.37. The molecule has 0 spiro atoms. The Kier molecular flexibility index (Phi) is 4.52. The topological polar surface area (TPSA) is 73.5 Å². The number of nitrogens with zero attached hydrogens (tertiary/aromatic N) is 3. The van der Waals surface area contributed by atoms with E-state index in [0.29, 0.717) is 21.8 Å². The van der Waals surface area contributed by atoms with Crippen molar-refractivity contribution in [2.24, 2.45) is 10.9 Å². The number of imide groups is 1. The van der Waals surface area contributed by atoms with Crippen molar-refractivity contribution in [2.75, 3.05) is 4.90 Å². The van der Waals surface area contributed by atoms with E-state index in [1.807, 2.05) is 0 Å². The minimum Gasteiger partial charge on any atom is -0.275 e. The molecule has 0 bridgehead atoms. The van der Waals surface area contributed by atoms with Gasteiger partial charge in [-0.3, -0.25) is 14.6 Å². The number of aliphatic imine (C=N–C) groups is 1. The molecule has 2 atom stereocenters. The first-order valence-corrected chi connectivity index (χ1v) is 9.52. The summed E-state index contributed by atoms with van der Waals surface area (Å²) in [7, 11) is 0. The quantitative estimate of drug-likeness (QED) is 0.573. The molecule has 6 heteroatoms. The summed E-state index contributed by atoms with van der Waals surface area (Å²) in [5.41, 5.74) is 0.622. The molecule has 1 aliphatic carbocycles. The van der Waals surface area contributed by atoms with Crippen LogP contribution in [0.4, 0.5) is 5.69 Å². The van der Waals surface area contributed by atoms with Crippen LogP contribution in [0.3, 0.4) is 0 Å². The zero-order valence-corrected chi connectivity index (χ0v) is 16.1. The van der Waals surface area contributed by atoms with Gasteiger partial charge in [0.15, 0.2) is 0 Å². The van der Waals surface area contributed by atoms with Gasteiger partial charge in [-0.1, -0.05) is 35.9 Å². The largest absolute Gasteiger partial charge is 0.275 e. The second-order valence-electron chi connectivity index (χ2n) is 7.34. The molecule has 5 nitrogen and oxygen atoms in total. The van der Waals surface area contributed by atoms with Crippen molar-refractivity contribution in [1.82, 2.24) is 0 Å². The van der Waals surface area contributed by atoms with Gasteiger partial charge in [-0.2, -0.15) is 5.26 Å². The van der Waals surface area contributed by atoms with Gasteiger partial charge in [0.05, 0.1) is 17.7 Å². The molecule has 1 heterocycles. The lowest BCUT2D eigenvalue weighted by molar-refractivity contribution is -0.118. The summed E-state index contributed by atoms with van der Waals surface area (Å²) < 4.78 is 0. The summed E-state index contributed by atoms with van der Waals surface area (Å²) >= 11 is 6.07. The Morgan fingerprint density at radius 3 is 2.64 bits per heavy atom. The average molecular weight is 392 g/mol. The molecule has 28 heavy (non-hydrogen) atoms. The van der Waals surface area contributed by atoms with Gasteiger partial charge in [-0.25, -0.2) is 4.90 Å². The van der Waals surface area contributed by atoms with E-state index >= 15 is 0 Å². The number of halogens is 1. The molecule has 2 aromatic carbocycles. The summed E-state index contributed by atoms with van der Waals surface area (Å²) in [6.07, 6.45) is 3.46. The van der Waals surface area contributed by atoms with Crippen molar-refractivity contribution >= 4 is 35.3 Å². The smallest absolute Gasteiger partial charge is 0.265 e. The molecule has 1 saturated carbocycles. The number of hydrogen-bond acceptors (Lipinski definition) is 4. The zero-order chi connectivity index (χ0) is 19.9. The minimum atomic E-state index is -0.850. The summed E-state index contributed by atoms with van der Waals surface area (Å²) in [4.78, 5) is 32.0. The van der Waals surface area contributed by atoms with Gasteiger partial charge in [0.2, 0.25) is 5.91 Å². The highest BCUT2D eigenvalue weighted by molar-refractivity contribution is 6.32. The maximum atomic E-state index is 13.3. The van der Waals surface area contributed by atoms with E-state index in [4.69, 9.17) is 11.6 Å². The predicted molar refractivity (Wildman–Crippen MR) is 108 cm³/mol. The lowest BCUT2D eigenvalue weighted by Gasteiger charge is -2.31. The maximum absolute atomic E-state index is 13.3. The second-order valence-corrected chi connectivity index (χ2v) is 7.77. The molecule has 2 amide bonds. The number of benzene rings is 2. The summed E-state index contributed by atoms with van der Waals surface area (Å²) in [6, 6.07) is 15.9. The fourth-order valence-corrected chi connectivity index (χ4v) is 3.74. The molecule has 0 aromatic heterocycles. The van der Waals surface area contributed by atoms with Gasteiger partial charge in [-0.15, -0.1) is 0 Å². The third-order valence-corrected chi connectivity index (χ3v) is 5.61. The number of rotatable bonds is 4. The number of fused-ring (bicyclic) bond motifs is 1. The SMILES string of the molecule is C[C@@](C#N)(N=CC1C(=O)N(c2cccc(Cl)c2)C(=O)c2ccccc21)C1CC1. The number of anilines is 1. The van der Waals surface area contributed by atoms with Crippen LogP contribution < -0.4 is 4.90 Å². The number of carbonyl (C=O) groups is 2. The van der Waals surface area contributed by atoms with Crippen LogP contribution in [0.2, 0.25) is 5.02 Å². The summed E-state index contributed by atoms with van der Waals surface area (Å²) in [6.45, 7) is 1.79. The van der Waals surface area contributed by atoms with Crippen molar-refractivity contribution in [3.63, 3.8) is 0 Å². The molecule has 0 radical (unpaired) electrons. The van der Waals surface area contributed by atoms with Gasteiger partial charge in [0.25, 0.3) is 5.91 Å². The lowest BCUT2D eigenvalue weighted by atomic mass is 9.88. The molecular formula is C22H18ClN3O2. The first kappa shape index (κ1) is 18.4. The van der Waals surface area contributed by atoms with Crippen molar-refractivity contribution in [3.8, 4) is 6.07 Å². The Bertz CT molecular complexity index is 1040. The number of nitriles is 1. The molecule has 140 valence electrons. The summed E-state index contributed by atoms with van der Waals surface area (Å²) in [5.74, 6) is -1.31. The summed E-state index contributed by atoms with van der Waals surface area (Å²) in [5, 5.41) is 10.00. The van der Waals surface area contributed by atoms with Crippen LogP contribution in [-0.2, 0) is 4.79 Å². The molecule has 2 aromatic rings. The molecule has 0 saturated heterocycles. The minimum absolute atomic E-state index is 0.216. The van der Waals surface area contributed by atoms with Gasteiger partial charge in [0.1, 0.15) is 5.54 Å². The molecule has 1 fully saturated rings.